The lowest BCUT2D eigenvalue weighted by Crippen LogP contribution is -2.31. The molecule has 0 saturated carbocycles. The Kier molecular flexibility index (Phi) is 4.12. The molecule has 0 aliphatic heterocycles. The van der Waals surface area contributed by atoms with Crippen molar-refractivity contribution in [3.05, 3.63) is 35.9 Å². The first-order valence-corrected chi connectivity index (χ1v) is 7.29. The molecule has 7 heteroatoms. The summed E-state index contributed by atoms with van der Waals surface area (Å²) >= 11 is 0. The summed E-state index contributed by atoms with van der Waals surface area (Å²) < 4.78 is 10.5. The zero-order valence-electron chi connectivity index (χ0n) is 13.3. The Morgan fingerprint density at radius 2 is 2.17 bits per heavy atom. The van der Waals surface area contributed by atoms with Gasteiger partial charge in [-0.1, -0.05) is 5.16 Å². The van der Waals surface area contributed by atoms with Crippen LogP contribution in [0.5, 0.6) is 0 Å². The lowest BCUT2D eigenvalue weighted by molar-refractivity contribution is 0.0951. The van der Waals surface area contributed by atoms with E-state index in [0.717, 1.165) is 11.9 Å². The van der Waals surface area contributed by atoms with Gasteiger partial charge in [0.05, 0.1) is 5.39 Å². The van der Waals surface area contributed by atoms with Crippen molar-refractivity contribution in [1.82, 2.24) is 20.4 Å². The third-order valence-corrected chi connectivity index (χ3v) is 3.44. The largest absolute Gasteiger partial charge is 0.449 e. The molecule has 0 bridgehead atoms. The maximum Gasteiger partial charge on any atom is 0.251 e. The molecule has 23 heavy (non-hydrogen) atoms. The number of fused-ring (bicyclic) bond motifs is 1. The molecule has 3 rings (SSSR count). The van der Waals surface area contributed by atoms with Crippen LogP contribution in [0.3, 0.4) is 0 Å². The molecule has 0 radical (unpaired) electrons. The minimum Gasteiger partial charge on any atom is -0.449 e. The molecule has 1 amide bonds. The van der Waals surface area contributed by atoms with Crippen LogP contribution in [-0.2, 0) is 0 Å². The van der Waals surface area contributed by atoms with Gasteiger partial charge in [0.1, 0.15) is 17.7 Å². The third kappa shape index (κ3) is 3.24. The molecule has 1 aromatic carbocycles. The van der Waals surface area contributed by atoms with Gasteiger partial charge >= 0.3 is 0 Å². The van der Waals surface area contributed by atoms with Crippen molar-refractivity contribution in [3.8, 4) is 11.4 Å². The molecule has 0 atom stereocenters. The average Bonchev–Trinajstić information content (AvgIpc) is 3.11. The first-order valence-electron chi connectivity index (χ1n) is 7.29. The molecule has 3 aromatic rings. The smallest absolute Gasteiger partial charge is 0.251 e. The first kappa shape index (κ1) is 15.2. The van der Waals surface area contributed by atoms with Gasteiger partial charge in [0.25, 0.3) is 5.91 Å². The van der Waals surface area contributed by atoms with Crippen LogP contribution >= 0.6 is 0 Å². The molecule has 1 N–H and O–H groups in total. The van der Waals surface area contributed by atoms with E-state index < -0.39 is 0 Å². The van der Waals surface area contributed by atoms with Crippen LogP contribution in [0.1, 0.15) is 16.2 Å². The van der Waals surface area contributed by atoms with E-state index in [-0.39, 0.29) is 5.91 Å². The molecule has 0 spiro atoms. The minimum atomic E-state index is -0.128. The van der Waals surface area contributed by atoms with Crippen LogP contribution in [0.2, 0.25) is 0 Å². The zero-order valence-corrected chi connectivity index (χ0v) is 13.3. The summed E-state index contributed by atoms with van der Waals surface area (Å²) in [6.07, 6.45) is 1.52. The Morgan fingerprint density at radius 1 is 1.35 bits per heavy atom. The van der Waals surface area contributed by atoms with Crippen LogP contribution in [0.25, 0.3) is 22.4 Å². The second kappa shape index (κ2) is 6.21. The van der Waals surface area contributed by atoms with Crippen LogP contribution < -0.4 is 5.32 Å². The number of benzene rings is 1. The van der Waals surface area contributed by atoms with Gasteiger partial charge in [-0.3, -0.25) is 4.79 Å². The predicted octanol–water partition coefficient (Wildman–Crippen LogP) is 2.08. The van der Waals surface area contributed by atoms with E-state index >= 15 is 0 Å². The zero-order chi connectivity index (χ0) is 16.4. The highest BCUT2D eigenvalue weighted by atomic mass is 16.5. The Balaban J connectivity index is 1.87. The summed E-state index contributed by atoms with van der Waals surface area (Å²) in [6, 6.07) is 5.21. The molecule has 7 nitrogen and oxygen atoms in total. The standard InChI is InChI=1S/C16H18N4O3/c1-10-18-13(9-22-10)15-12-8-11(4-5-14(12)23-19-15)16(21)17-6-7-20(2)3/h4-5,8-9H,6-7H2,1-3H3,(H,17,21). The van der Waals surface area contributed by atoms with Crippen LogP contribution in [-0.4, -0.2) is 48.1 Å². The molecule has 2 heterocycles. The van der Waals surface area contributed by atoms with Crippen LogP contribution in [0.15, 0.2) is 33.4 Å². The second-order valence-electron chi connectivity index (χ2n) is 5.55. The van der Waals surface area contributed by atoms with Crippen molar-refractivity contribution in [3.63, 3.8) is 0 Å². The van der Waals surface area contributed by atoms with Crippen molar-refractivity contribution in [2.45, 2.75) is 6.92 Å². The Bertz CT molecular complexity index is 835. The van der Waals surface area contributed by atoms with Crippen molar-refractivity contribution in [1.29, 1.82) is 0 Å². The molecule has 0 unspecified atom stereocenters. The Hall–Kier alpha value is -2.67. The number of oxazole rings is 1. The number of hydrogen-bond donors (Lipinski definition) is 1. The van der Waals surface area contributed by atoms with Crippen molar-refractivity contribution in [2.75, 3.05) is 27.2 Å². The molecule has 0 aliphatic rings. The number of rotatable bonds is 5. The molecule has 2 aromatic heterocycles. The fourth-order valence-corrected chi connectivity index (χ4v) is 2.23. The van der Waals surface area contributed by atoms with Gasteiger partial charge in [-0.2, -0.15) is 0 Å². The number of nitrogens with one attached hydrogen (secondary N) is 1. The van der Waals surface area contributed by atoms with Gasteiger partial charge < -0.3 is 19.2 Å². The van der Waals surface area contributed by atoms with Crippen LogP contribution in [0.4, 0.5) is 0 Å². The van der Waals surface area contributed by atoms with Gasteiger partial charge in [-0.25, -0.2) is 4.98 Å². The summed E-state index contributed by atoms with van der Waals surface area (Å²) in [4.78, 5) is 18.5. The fraction of sp³-hybridized carbons (Fsp3) is 0.312. The lowest BCUT2D eigenvalue weighted by Gasteiger charge is -2.10. The summed E-state index contributed by atoms with van der Waals surface area (Å²) in [7, 11) is 3.92. The van der Waals surface area contributed by atoms with Gasteiger partial charge in [-0.15, -0.1) is 0 Å². The average molecular weight is 314 g/mol. The Labute approximate surface area is 133 Å². The molecule has 0 fully saturated rings. The number of aryl methyl sites for hydroxylation is 1. The monoisotopic (exact) mass is 314 g/mol. The second-order valence-corrected chi connectivity index (χ2v) is 5.55. The van der Waals surface area contributed by atoms with E-state index in [4.69, 9.17) is 8.94 Å². The summed E-state index contributed by atoms with van der Waals surface area (Å²) in [5, 5.41) is 7.65. The number of carbonyl (C=O) groups is 1. The van der Waals surface area contributed by atoms with Gasteiger partial charge in [0.2, 0.25) is 0 Å². The van der Waals surface area contributed by atoms with E-state index in [2.05, 4.69) is 15.5 Å². The number of carbonyl (C=O) groups excluding carboxylic acids is 1. The molecular formula is C16H18N4O3. The maximum atomic E-state index is 12.2. The topological polar surface area (TPSA) is 84.4 Å². The quantitative estimate of drug-likeness (QED) is 0.776. The van der Waals surface area contributed by atoms with Crippen LogP contribution in [0, 0.1) is 6.92 Å². The highest BCUT2D eigenvalue weighted by Crippen LogP contribution is 2.28. The number of aromatic nitrogens is 2. The maximum absolute atomic E-state index is 12.2. The lowest BCUT2D eigenvalue weighted by atomic mass is 10.1. The van der Waals surface area contributed by atoms with Crippen molar-refractivity contribution >= 4 is 16.9 Å². The van der Waals surface area contributed by atoms with Crippen molar-refractivity contribution in [2.24, 2.45) is 0 Å². The molecule has 0 aliphatic carbocycles. The highest BCUT2D eigenvalue weighted by molar-refractivity contribution is 6.00. The number of likely N-dealkylation sites (N-methyl/N-ethyl adjacent to an activating group) is 1. The van der Waals surface area contributed by atoms with Gasteiger partial charge in [0, 0.05) is 25.6 Å². The predicted molar refractivity (Wildman–Crippen MR) is 85.1 cm³/mol. The normalized spacial score (nSPS) is 11.3. The summed E-state index contributed by atoms with van der Waals surface area (Å²) in [6.45, 7) is 3.13. The summed E-state index contributed by atoms with van der Waals surface area (Å²) in [5.41, 5.74) is 2.32. The molecule has 0 saturated heterocycles. The molecular weight excluding hydrogens is 296 g/mol. The fourth-order valence-electron chi connectivity index (χ4n) is 2.23. The summed E-state index contributed by atoms with van der Waals surface area (Å²) in [5.74, 6) is 0.422. The van der Waals surface area contributed by atoms with E-state index in [1.54, 1.807) is 25.1 Å². The van der Waals surface area contributed by atoms with E-state index in [0.29, 0.717) is 35.0 Å². The molecule has 120 valence electrons. The van der Waals surface area contributed by atoms with Crippen molar-refractivity contribution < 1.29 is 13.7 Å². The third-order valence-electron chi connectivity index (χ3n) is 3.44. The number of nitrogens with zero attached hydrogens (tertiary/aromatic N) is 3. The number of hydrogen-bond acceptors (Lipinski definition) is 6. The van der Waals surface area contributed by atoms with Gasteiger partial charge in [-0.05, 0) is 32.3 Å². The minimum absolute atomic E-state index is 0.128. The van der Waals surface area contributed by atoms with E-state index in [9.17, 15) is 4.79 Å². The number of amides is 1. The highest BCUT2D eigenvalue weighted by Gasteiger charge is 2.16. The van der Waals surface area contributed by atoms with E-state index in [1.807, 2.05) is 19.0 Å². The first-order chi connectivity index (χ1) is 11.0. The van der Waals surface area contributed by atoms with Gasteiger partial charge in [0.15, 0.2) is 11.5 Å². The SMILES string of the molecule is Cc1nc(-c2noc3ccc(C(=O)NCCN(C)C)cc23)co1. The van der Waals surface area contributed by atoms with E-state index in [1.165, 1.54) is 6.26 Å². The Morgan fingerprint density at radius 3 is 2.87 bits per heavy atom.